The molecule has 1 N–H and O–H groups in total. The zero-order chi connectivity index (χ0) is 27.9. The van der Waals surface area contributed by atoms with E-state index in [-0.39, 0.29) is 29.1 Å². The standard InChI is InChI=1S/C28H31BrFN3O4S/c1-4-20(2)31-28(35)21(3)32(18-22-10-12-23(29)13-11-22)27(34)19-33(25-16-14-24(30)15-17-25)38(36,37)26-8-6-5-7-9-26/h5-17,20-21H,4,18-19H2,1-3H3,(H,31,35)/t20-,21-/m0/s1. The number of hydrogen-bond acceptors (Lipinski definition) is 4. The fraction of sp³-hybridized carbons (Fsp3) is 0.286. The second-order valence-corrected chi connectivity index (χ2v) is 11.7. The summed E-state index contributed by atoms with van der Waals surface area (Å²) in [6, 6.07) is 18.9. The Labute approximate surface area is 231 Å². The van der Waals surface area contributed by atoms with E-state index in [0.29, 0.717) is 6.42 Å². The minimum absolute atomic E-state index is 0.0147. The second kappa shape index (κ2) is 13.0. The van der Waals surface area contributed by atoms with Crippen LogP contribution in [0.25, 0.3) is 0 Å². The first-order valence-electron chi connectivity index (χ1n) is 12.2. The second-order valence-electron chi connectivity index (χ2n) is 8.94. The van der Waals surface area contributed by atoms with E-state index in [0.717, 1.165) is 26.5 Å². The fourth-order valence-corrected chi connectivity index (χ4v) is 5.39. The minimum Gasteiger partial charge on any atom is -0.352 e. The molecule has 0 bridgehead atoms. The largest absolute Gasteiger partial charge is 0.352 e. The van der Waals surface area contributed by atoms with Gasteiger partial charge in [0, 0.05) is 17.1 Å². The number of hydrogen-bond donors (Lipinski definition) is 1. The van der Waals surface area contributed by atoms with Gasteiger partial charge in [0.25, 0.3) is 10.0 Å². The number of amides is 2. The van der Waals surface area contributed by atoms with Crippen LogP contribution in [0.5, 0.6) is 0 Å². The summed E-state index contributed by atoms with van der Waals surface area (Å²) in [5, 5.41) is 2.89. The maximum atomic E-state index is 13.8. The predicted octanol–water partition coefficient (Wildman–Crippen LogP) is 5.12. The van der Waals surface area contributed by atoms with E-state index < -0.39 is 34.3 Å². The SMILES string of the molecule is CC[C@H](C)NC(=O)[C@H](C)N(Cc1ccc(Br)cc1)C(=O)CN(c1ccc(F)cc1)S(=O)(=O)c1ccccc1. The molecule has 0 aliphatic carbocycles. The number of benzene rings is 3. The molecule has 0 saturated carbocycles. The number of sulfonamides is 1. The molecule has 3 aromatic rings. The summed E-state index contributed by atoms with van der Waals surface area (Å²) in [5.74, 6) is -1.46. The molecule has 202 valence electrons. The molecule has 0 fully saturated rings. The van der Waals surface area contributed by atoms with Crippen LogP contribution in [0.4, 0.5) is 10.1 Å². The fourth-order valence-electron chi connectivity index (χ4n) is 3.69. The summed E-state index contributed by atoms with van der Waals surface area (Å²) in [6.07, 6.45) is 0.715. The molecule has 0 saturated heterocycles. The lowest BCUT2D eigenvalue weighted by atomic mass is 10.1. The van der Waals surface area contributed by atoms with E-state index in [4.69, 9.17) is 0 Å². The van der Waals surface area contributed by atoms with E-state index in [1.54, 1.807) is 25.1 Å². The molecular formula is C28H31BrFN3O4S. The van der Waals surface area contributed by atoms with Gasteiger partial charge in [0.1, 0.15) is 18.4 Å². The molecule has 3 aromatic carbocycles. The normalized spacial score (nSPS) is 12.9. The molecule has 38 heavy (non-hydrogen) atoms. The molecule has 0 aromatic heterocycles. The number of nitrogens with one attached hydrogen (secondary N) is 1. The zero-order valence-corrected chi connectivity index (χ0v) is 23.9. The van der Waals surface area contributed by atoms with E-state index in [2.05, 4.69) is 21.2 Å². The van der Waals surface area contributed by atoms with Gasteiger partial charge in [-0.25, -0.2) is 12.8 Å². The minimum atomic E-state index is -4.19. The Kier molecular flexibility index (Phi) is 10.0. The lowest BCUT2D eigenvalue weighted by molar-refractivity contribution is -0.139. The number of nitrogens with zero attached hydrogens (tertiary/aromatic N) is 2. The van der Waals surface area contributed by atoms with Gasteiger partial charge in [0.2, 0.25) is 11.8 Å². The molecule has 0 spiro atoms. The summed E-state index contributed by atoms with van der Waals surface area (Å²) < 4.78 is 42.7. The topological polar surface area (TPSA) is 86.8 Å². The highest BCUT2D eigenvalue weighted by molar-refractivity contribution is 9.10. The Bertz CT molecular complexity index is 1340. The highest BCUT2D eigenvalue weighted by Gasteiger charge is 2.32. The van der Waals surface area contributed by atoms with Crippen LogP contribution < -0.4 is 9.62 Å². The quantitative estimate of drug-likeness (QED) is 0.330. The van der Waals surface area contributed by atoms with Crippen molar-refractivity contribution in [3.63, 3.8) is 0 Å². The summed E-state index contributed by atoms with van der Waals surface area (Å²) in [6.45, 7) is 4.93. The average molecular weight is 605 g/mol. The van der Waals surface area contributed by atoms with Gasteiger partial charge in [-0.15, -0.1) is 0 Å². The van der Waals surface area contributed by atoms with Crippen LogP contribution in [-0.4, -0.2) is 43.8 Å². The lowest BCUT2D eigenvalue weighted by Crippen LogP contribution is -2.52. The third-order valence-electron chi connectivity index (χ3n) is 6.16. The van der Waals surface area contributed by atoms with Crippen molar-refractivity contribution in [3.8, 4) is 0 Å². The van der Waals surface area contributed by atoms with E-state index in [9.17, 15) is 22.4 Å². The summed E-state index contributed by atoms with van der Waals surface area (Å²) in [7, 11) is -4.19. The summed E-state index contributed by atoms with van der Waals surface area (Å²) >= 11 is 3.39. The first kappa shape index (κ1) is 29.3. The number of carbonyl (C=O) groups excluding carboxylic acids is 2. The van der Waals surface area contributed by atoms with Crippen molar-refractivity contribution in [1.29, 1.82) is 0 Å². The molecule has 2 amide bonds. The van der Waals surface area contributed by atoms with Crippen LogP contribution in [0.2, 0.25) is 0 Å². The van der Waals surface area contributed by atoms with Crippen LogP contribution in [0.1, 0.15) is 32.8 Å². The molecule has 0 aliphatic rings. The molecule has 0 aliphatic heterocycles. The molecule has 0 unspecified atom stereocenters. The first-order valence-corrected chi connectivity index (χ1v) is 14.4. The number of rotatable bonds is 11. The van der Waals surface area contributed by atoms with Crippen LogP contribution >= 0.6 is 15.9 Å². The monoisotopic (exact) mass is 603 g/mol. The first-order chi connectivity index (χ1) is 18.0. The Morgan fingerprint density at radius 1 is 0.947 bits per heavy atom. The number of halogens is 2. The van der Waals surface area contributed by atoms with Gasteiger partial charge >= 0.3 is 0 Å². The van der Waals surface area contributed by atoms with E-state index >= 15 is 0 Å². The Hall–Kier alpha value is -3.24. The van der Waals surface area contributed by atoms with Gasteiger partial charge in [-0.2, -0.15) is 0 Å². The Morgan fingerprint density at radius 3 is 2.13 bits per heavy atom. The lowest BCUT2D eigenvalue weighted by Gasteiger charge is -2.32. The average Bonchev–Trinajstić information content (AvgIpc) is 2.91. The highest BCUT2D eigenvalue weighted by Crippen LogP contribution is 2.25. The van der Waals surface area contributed by atoms with Gasteiger partial charge in [-0.1, -0.05) is 53.2 Å². The van der Waals surface area contributed by atoms with Gasteiger partial charge in [0.15, 0.2) is 0 Å². The number of carbonyl (C=O) groups is 2. The molecular weight excluding hydrogens is 573 g/mol. The molecule has 2 atom stereocenters. The number of anilines is 1. The van der Waals surface area contributed by atoms with E-state index in [1.807, 2.05) is 38.1 Å². The van der Waals surface area contributed by atoms with Gasteiger partial charge in [0.05, 0.1) is 10.6 Å². The van der Waals surface area contributed by atoms with Crippen LogP contribution in [-0.2, 0) is 26.2 Å². The van der Waals surface area contributed by atoms with Gasteiger partial charge < -0.3 is 10.2 Å². The van der Waals surface area contributed by atoms with Crippen molar-refractivity contribution < 1.29 is 22.4 Å². The van der Waals surface area contributed by atoms with Gasteiger partial charge in [-0.3, -0.25) is 13.9 Å². The molecule has 10 heteroatoms. The Balaban J connectivity index is 2.00. The highest BCUT2D eigenvalue weighted by atomic mass is 79.9. The summed E-state index contributed by atoms with van der Waals surface area (Å²) in [4.78, 5) is 28.2. The van der Waals surface area contributed by atoms with Crippen molar-refractivity contribution in [2.75, 3.05) is 10.8 Å². The third-order valence-corrected chi connectivity index (χ3v) is 8.48. The zero-order valence-electron chi connectivity index (χ0n) is 21.5. The van der Waals surface area contributed by atoms with E-state index in [1.165, 1.54) is 29.2 Å². The maximum absolute atomic E-state index is 13.8. The Morgan fingerprint density at radius 2 is 1.55 bits per heavy atom. The van der Waals surface area contributed by atoms with Crippen molar-refractivity contribution >= 4 is 43.5 Å². The van der Waals surface area contributed by atoms with Crippen molar-refractivity contribution in [1.82, 2.24) is 10.2 Å². The molecule has 0 radical (unpaired) electrons. The smallest absolute Gasteiger partial charge is 0.264 e. The van der Waals surface area contributed by atoms with Crippen molar-refractivity contribution in [3.05, 3.63) is 94.7 Å². The molecule has 0 heterocycles. The van der Waals surface area contributed by atoms with Crippen LogP contribution in [0.15, 0.2) is 88.2 Å². The third kappa shape index (κ3) is 7.41. The van der Waals surface area contributed by atoms with Gasteiger partial charge in [-0.05, 0) is 74.4 Å². The van der Waals surface area contributed by atoms with Crippen molar-refractivity contribution in [2.24, 2.45) is 0 Å². The molecule has 3 rings (SSSR count). The van der Waals surface area contributed by atoms with Crippen molar-refractivity contribution in [2.45, 2.75) is 50.7 Å². The summed E-state index contributed by atoms with van der Waals surface area (Å²) in [5.41, 5.74) is 0.896. The van der Waals surface area contributed by atoms with Crippen LogP contribution in [0.3, 0.4) is 0 Å². The predicted molar refractivity (Wildman–Crippen MR) is 149 cm³/mol. The maximum Gasteiger partial charge on any atom is 0.264 e. The van der Waals surface area contributed by atoms with Crippen LogP contribution in [0, 0.1) is 5.82 Å². The molecule has 7 nitrogen and oxygen atoms in total.